The third-order valence-corrected chi connectivity index (χ3v) is 2.74. The molecule has 0 amide bonds. The van der Waals surface area contributed by atoms with Crippen LogP contribution in [0.25, 0.3) is 0 Å². The van der Waals surface area contributed by atoms with Gasteiger partial charge in [0.05, 0.1) is 24.7 Å². The molecule has 0 fully saturated rings. The SMILES string of the molecule is CCn1cncc1Cn1ccc(C(C)O)c1. The molecule has 2 aromatic rings. The van der Waals surface area contributed by atoms with Gasteiger partial charge in [0, 0.05) is 25.1 Å². The van der Waals surface area contributed by atoms with Crippen molar-refractivity contribution in [3.63, 3.8) is 0 Å². The van der Waals surface area contributed by atoms with Crippen molar-refractivity contribution in [2.45, 2.75) is 33.0 Å². The molecule has 86 valence electrons. The fourth-order valence-corrected chi connectivity index (χ4v) is 1.76. The van der Waals surface area contributed by atoms with E-state index in [0.29, 0.717) is 0 Å². The Kier molecular flexibility index (Phi) is 3.10. The maximum absolute atomic E-state index is 9.43. The molecule has 0 saturated heterocycles. The van der Waals surface area contributed by atoms with Crippen LogP contribution in [-0.2, 0) is 13.1 Å². The van der Waals surface area contributed by atoms with E-state index in [0.717, 1.165) is 18.7 Å². The van der Waals surface area contributed by atoms with Gasteiger partial charge >= 0.3 is 0 Å². The van der Waals surface area contributed by atoms with Crippen LogP contribution in [0, 0.1) is 0 Å². The number of aliphatic hydroxyl groups is 1. The summed E-state index contributed by atoms with van der Waals surface area (Å²) < 4.78 is 4.17. The van der Waals surface area contributed by atoms with E-state index in [1.54, 1.807) is 6.92 Å². The standard InChI is InChI=1S/C12H17N3O/c1-3-15-9-13-6-12(15)8-14-5-4-11(7-14)10(2)16/h4-7,9-10,16H,3,8H2,1-2H3. The normalized spacial score (nSPS) is 12.9. The van der Waals surface area contributed by atoms with Crippen LogP contribution in [0.4, 0.5) is 0 Å². The second-order valence-electron chi connectivity index (χ2n) is 3.96. The van der Waals surface area contributed by atoms with Crippen LogP contribution < -0.4 is 0 Å². The molecule has 0 radical (unpaired) electrons. The van der Waals surface area contributed by atoms with Crippen molar-refractivity contribution in [1.82, 2.24) is 14.1 Å². The average molecular weight is 219 g/mol. The monoisotopic (exact) mass is 219 g/mol. The topological polar surface area (TPSA) is 43.0 Å². The van der Waals surface area contributed by atoms with Gasteiger partial charge in [-0.2, -0.15) is 0 Å². The van der Waals surface area contributed by atoms with Gasteiger partial charge < -0.3 is 14.2 Å². The van der Waals surface area contributed by atoms with Gasteiger partial charge in [-0.15, -0.1) is 0 Å². The smallest absolute Gasteiger partial charge is 0.0948 e. The molecule has 0 bridgehead atoms. The lowest BCUT2D eigenvalue weighted by Gasteiger charge is -2.06. The molecule has 0 aliphatic rings. The van der Waals surface area contributed by atoms with Crippen molar-refractivity contribution in [3.8, 4) is 0 Å². The van der Waals surface area contributed by atoms with E-state index in [1.807, 2.05) is 31.0 Å². The molecule has 0 aliphatic carbocycles. The van der Waals surface area contributed by atoms with Gasteiger partial charge in [0.2, 0.25) is 0 Å². The van der Waals surface area contributed by atoms with E-state index in [-0.39, 0.29) is 0 Å². The highest BCUT2D eigenvalue weighted by molar-refractivity contribution is 5.14. The van der Waals surface area contributed by atoms with E-state index in [4.69, 9.17) is 0 Å². The molecular weight excluding hydrogens is 202 g/mol. The molecular formula is C12H17N3O. The summed E-state index contributed by atoms with van der Waals surface area (Å²) in [6.07, 6.45) is 7.27. The quantitative estimate of drug-likeness (QED) is 0.852. The van der Waals surface area contributed by atoms with Crippen LogP contribution in [0.3, 0.4) is 0 Å². The molecule has 0 aliphatic heterocycles. The summed E-state index contributed by atoms with van der Waals surface area (Å²) in [5.41, 5.74) is 2.12. The molecule has 0 saturated carbocycles. The van der Waals surface area contributed by atoms with Gasteiger partial charge in [-0.3, -0.25) is 0 Å². The van der Waals surface area contributed by atoms with Crippen LogP contribution in [0.1, 0.15) is 31.2 Å². The van der Waals surface area contributed by atoms with E-state index in [9.17, 15) is 5.11 Å². The maximum atomic E-state index is 9.43. The summed E-state index contributed by atoms with van der Waals surface area (Å²) in [7, 11) is 0. The molecule has 1 unspecified atom stereocenters. The Morgan fingerprint density at radius 1 is 1.50 bits per heavy atom. The van der Waals surface area contributed by atoms with Crippen molar-refractivity contribution in [2.24, 2.45) is 0 Å². The third kappa shape index (κ3) is 2.17. The zero-order valence-electron chi connectivity index (χ0n) is 9.67. The van der Waals surface area contributed by atoms with Crippen molar-refractivity contribution in [2.75, 3.05) is 0 Å². The summed E-state index contributed by atoms with van der Waals surface area (Å²) >= 11 is 0. The van der Waals surface area contributed by atoms with Crippen LogP contribution >= 0.6 is 0 Å². The highest BCUT2D eigenvalue weighted by atomic mass is 16.3. The van der Waals surface area contributed by atoms with E-state index >= 15 is 0 Å². The van der Waals surface area contributed by atoms with Gasteiger partial charge in [-0.1, -0.05) is 0 Å². The van der Waals surface area contributed by atoms with Crippen molar-refractivity contribution >= 4 is 0 Å². The number of rotatable bonds is 4. The summed E-state index contributed by atoms with van der Waals surface area (Å²) in [6.45, 7) is 5.60. The van der Waals surface area contributed by atoms with Crippen LogP contribution in [0.2, 0.25) is 0 Å². The molecule has 16 heavy (non-hydrogen) atoms. The minimum Gasteiger partial charge on any atom is -0.389 e. The third-order valence-electron chi connectivity index (χ3n) is 2.74. The Hall–Kier alpha value is -1.55. The predicted molar refractivity (Wildman–Crippen MR) is 62.1 cm³/mol. The summed E-state index contributed by atoms with van der Waals surface area (Å²) in [5, 5.41) is 9.43. The molecule has 2 aromatic heterocycles. The Bertz CT molecular complexity index is 456. The second kappa shape index (κ2) is 4.53. The highest BCUT2D eigenvalue weighted by Crippen LogP contribution is 2.13. The van der Waals surface area contributed by atoms with E-state index in [1.165, 1.54) is 5.69 Å². The molecule has 4 nitrogen and oxygen atoms in total. The van der Waals surface area contributed by atoms with Crippen LogP contribution in [0.15, 0.2) is 31.0 Å². The van der Waals surface area contributed by atoms with Gasteiger partial charge in [0.1, 0.15) is 0 Å². The fourth-order valence-electron chi connectivity index (χ4n) is 1.76. The minimum absolute atomic E-state index is 0.405. The maximum Gasteiger partial charge on any atom is 0.0948 e. The van der Waals surface area contributed by atoms with Gasteiger partial charge in [-0.05, 0) is 25.5 Å². The number of aliphatic hydroxyl groups excluding tert-OH is 1. The predicted octanol–water partition coefficient (Wildman–Crippen LogP) is 1.81. The number of hydrogen-bond acceptors (Lipinski definition) is 2. The minimum atomic E-state index is -0.405. The molecule has 2 heterocycles. The second-order valence-corrected chi connectivity index (χ2v) is 3.96. The van der Waals surface area contributed by atoms with Crippen molar-refractivity contribution in [1.29, 1.82) is 0 Å². The Balaban J connectivity index is 2.14. The Morgan fingerprint density at radius 2 is 2.31 bits per heavy atom. The number of aromatic nitrogens is 3. The largest absolute Gasteiger partial charge is 0.389 e. The number of imidazole rings is 1. The highest BCUT2D eigenvalue weighted by Gasteiger charge is 2.05. The summed E-state index contributed by atoms with van der Waals surface area (Å²) in [5.74, 6) is 0. The molecule has 2 rings (SSSR count). The fraction of sp³-hybridized carbons (Fsp3) is 0.417. The van der Waals surface area contributed by atoms with Crippen molar-refractivity contribution in [3.05, 3.63) is 42.2 Å². The first-order chi connectivity index (χ1) is 7.70. The van der Waals surface area contributed by atoms with E-state index < -0.39 is 6.10 Å². The lowest BCUT2D eigenvalue weighted by atomic mass is 10.2. The first-order valence-electron chi connectivity index (χ1n) is 5.53. The zero-order chi connectivity index (χ0) is 11.5. The Morgan fingerprint density at radius 3 is 2.94 bits per heavy atom. The lowest BCUT2D eigenvalue weighted by Crippen LogP contribution is -2.04. The van der Waals surface area contributed by atoms with Gasteiger partial charge in [0.15, 0.2) is 0 Å². The molecule has 1 N–H and O–H groups in total. The number of hydrogen-bond donors (Lipinski definition) is 1. The lowest BCUT2D eigenvalue weighted by molar-refractivity contribution is 0.199. The molecule has 0 aromatic carbocycles. The van der Waals surface area contributed by atoms with Crippen LogP contribution in [0.5, 0.6) is 0 Å². The van der Waals surface area contributed by atoms with Gasteiger partial charge in [-0.25, -0.2) is 4.98 Å². The first kappa shape index (κ1) is 11.0. The van der Waals surface area contributed by atoms with Gasteiger partial charge in [0.25, 0.3) is 0 Å². The molecule has 0 spiro atoms. The first-order valence-corrected chi connectivity index (χ1v) is 5.53. The summed E-state index contributed by atoms with van der Waals surface area (Å²) in [4.78, 5) is 4.13. The Labute approximate surface area is 95.2 Å². The molecule has 4 heteroatoms. The summed E-state index contributed by atoms with van der Waals surface area (Å²) in [6, 6.07) is 1.94. The van der Waals surface area contributed by atoms with Crippen molar-refractivity contribution < 1.29 is 5.11 Å². The number of nitrogens with zero attached hydrogens (tertiary/aromatic N) is 3. The number of aryl methyl sites for hydroxylation is 1. The average Bonchev–Trinajstić information content (AvgIpc) is 2.87. The molecule has 1 atom stereocenters. The zero-order valence-corrected chi connectivity index (χ0v) is 9.67. The van der Waals surface area contributed by atoms with Crippen LogP contribution in [-0.4, -0.2) is 19.2 Å². The van der Waals surface area contributed by atoms with E-state index in [2.05, 4.69) is 21.0 Å².